The van der Waals surface area contributed by atoms with Crippen molar-refractivity contribution in [2.75, 3.05) is 27.9 Å². The maximum atomic E-state index is 6.17. The van der Waals surface area contributed by atoms with Crippen molar-refractivity contribution in [3.8, 4) is 17.2 Å². The van der Waals surface area contributed by atoms with Crippen LogP contribution in [0.2, 0.25) is 5.02 Å². The molecular formula is C24H27ClN2O3. The van der Waals surface area contributed by atoms with Gasteiger partial charge in [-0.15, -0.1) is 0 Å². The van der Waals surface area contributed by atoms with Crippen LogP contribution in [-0.2, 0) is 13.1 Å². The zero-order valence-electron chi connectivity index (χ0n) is 17.6. The summed E-state index contributed by atoms with van der Waals surface area (Å²) in [5, 5.41) is 0.746. The van der Waals surface area contributed by atoms with Gasteiger partial charge in [-0.2, -0.15) is 0 Å². The highest BCUT2D eigenvalue weighted by atomic mass is 35.5. The average molecular weight is 427 g/mol. The molecule has 2 aromatic carbocycles. The molecule has 0 saturated carbocycles. The highest BCUT2D eigenvalue weighted by Gasteiger charge is 2.29. The predicted octanol–water partition coefficient (Wildman–Crippen LogP) is 5.16. The molecule has 30 heavy (non-hydrogen) atoms. The summed E-state index contributed by atoms with van der Waals surface area (Å²) in [5.74, 6) is 2.00. The van der Waals surface area contributed by atoms with Crippen LogP contribution in [0.25, 0.3) is 0 Å². The molecule has 0 fully saturated rings. The zero-order valence-corrected chi connectivity index (χ0v) is 18.4. The first-order valence-electron chi connectivity index (χ1n) is 10.1. The van der Waals surface area contributed by atoms with Crippen LogP contribution in [0, 0.1) is 0 Å². The van der Waals surface area contributed by atoms with E-state index in [1.807, 2.05) is 18.2 Å². The lowest BCUT2D eigenvalue weighted by atomic mass is 10.0. The van der Waals surface area contributed by atoms with Gasteiger partial charge >= 0.3 is 0 Å². The van der Waals surface area contributed by atoms with Crippen LogP contribution in [0.4, 0.5) is 0 Å². The smallest absolute Gasteiger partial charge is 0.203 e. The standard InChI is InChI=1S/C24H27ClN2O3/c1-28-21-12-9-18(23(29-2)24(21)30-3)16-27-15-5-14-26-13-4-6-20(26)22(27)17-7-10-19(25)11-8-17/h4,6-13,22H,5,14-16H2,1-3H3/t22-/m1/s1. The topological polar surface area (TPSA) is 35.9 Å². The molecule has 0 N–H and O–H groups in total. The number of halogens is 1. The van der Waals surface area contributed by atoms with Gasteiger partial charge in [-0.25, -0.2) is 0 Å². The van der Waals surface area contributed by atoms with Gasteiger partial charge in [-0.05, 0) is 42.3 Å². The van der Waals surface area contributed by atoms with Gasteiger partial charge in [0.1, 0.15) is 0 Å². The number of aryl methyl sites for hydroxylation is 1. The van der Waals surface area contributed by atoms with Crippen LogP contribution in [-0.4, -0.2) is 37.3 Å². The van der Waals surface area contributed by atoms with Crippen molar-refractivity contribution in [1.29, 1.82) is 0 Å². The molecule has 1 atom stereocenters. The second-order valence-corrected chi connectivity index (χ2v) is 7.83. The molecule has 1 aliphatic heterocycles. The number of methoxy groups -OCH3 is 3. The van der Waals surface area contributed by atoms with Crippen LogP contribution < -0.4 is 14.2 Å². The third-order valence-electron chi connectivity index (χ3n) is 5.70. The Balaban J connectivity index is 1.76. The number of ether oxygens (including phenoxy) is 3. The van der Waals surface area contributed by atoms with Crippen LogP contribution in [0.15, 0.2) is 54.7 Å². The van der Waals surface area contributed by atoms with Gasteiger partial charge in [-0.3, -0.25) is 4.90 Å². The maximum absolute atomic E-state index is 6.17. The van der Waals surface area contributed by atoms with E-state index in [0.29, 0.717) is 17.2 Å². The first kappa shape index (κ1) is 20.6. The number of nitrogens with zero attached hydrogens (tertiary/aromatic N) is 2. The van der Waals surface area contributed by atoms with E-state index in [9.17, 15) is 0 Å². The lowest BCUT2D eigenvalue weighted by Crippen LogP contribution is -2.29. The highest BCUT2D eigenvalue weighted by molar-refractivity contribution is 6.30. The Morgan fingerprint density at radius 3 is 2.37 bits per heavy atom. The van der Waals surface area contributed by atoms with E-state index in [2.05, 4.69) is 46.0 Å². The number of aromatic nitrogens is 1. The van der Waals surface area contributed by atoms with Crippen LogP contribution >= 0.6 is 11.6 Å². The van der Waals surface area contributed by atoms with Gasteiger partial charge in [-0.1, -0.05) is 29.8 Å². The Morgan fingerprint density at radius 2 is 1.67 bits per heavy atom. The summed E-state index contributed by atoms with van der Waals surface area (Å²) in [6.45, 7) is 2.69. The Bertz CT molecular complexity index is 1000. The van der Waals surface area contributed by atoms with Gasteiger partial charge in [0.2, 0.25) is 5.75 Å². The lowest BCUT2D eigenvalue weighted by Gasteiger charge is -2.31. The van der Waals surface area contributed by atoms with Gasteiger partial charge in [0.05, 0.1) is 27.4 Å². The summed E-state index contributed by atoms with van der Waals surface area (Å²) in [5.41, 5.74) is 3.57. The molecule has 5 nitrogen and oxygen atoms in total. The Kier molecular flexibility index (Phi) is 6.21. The monoisotopic (exact) mass is 426 g/mol. The van der Waals surface area contributed by atoms with Gasteiger partial charge in [0.15, 0.2) is 11.5 Å². The number of fused-ring (bicyclic) bond motifs is 1. The Labute approximate surface area is 182 Å². The Morgan fingerprint density at radius 1 is 0.900 bits per heavy atom. The molecule has 1 aromatic heterocycles. The molecule has 2 heterocycles. The molecule has 0 spiro atoms. The number of rotatable bonds is 6. The van der Waals surface area contributed by atoms with Crippen LogP contribution in [0.1, 0.15) is 29.3 Å². The van der Waals surface area contributed by atoms with Gasteiger partial charge in [0, 0.05) is 42.1 Å². The molecule has 0 aliphatic carbocycles. The van der Waals surface area contributed by atoms with E-state index < -0.39 is 0 Å². The van der Waals surface area contributed by atoms with E-state index >= 15 is 0 Å². The fourth-order valence-electron chi connectivity index (χ4n) is 4.34. The van der Waals surface area contributed by atoms with Crippen molar-refractivity contribution in [2.24, 2.45) is 0 Å². The third-order valence-corrected chi connectivity index (χ3v) is 5.95. The van der Waals surface area contributed by atoms with E-state index in [1.54, 1.807) is 21.3 Å². The molecule has 4 rings (SSSR count). The second-order valence-electron chi connectivity index (χ2n) is 7.40. The summed E-state index contributed by atoms with van der Waals surface area (Å²) in [6, 6.07) is 16.6. The zero-order chi connectivity index (χ0) is 21.1. The quantitative estimate of drug-likeness (QED) is 0.545. The minimum absolute atomic E-state index is 0.123. The van der Waals surface area contributed by atoms with E-state index in [0.717, 1.165) is 36.6 Å². The molecule has 0 unspecified atom stereocenters. The van der Waals surface area contributed by atoms with E-state index in [4.69, 9.17) is 25.8 Å². The number of hydrogen-bond acceptors (Lipinski definition) is 4. The first-order valence-corrected chi connectivity index (χ1v) is 10.5. The molecule has 6 heteroatoms. The molecule has 3 aromatic rings. The van der Waals surface area contributed by atoms with Crippen molar-refractivity contribution in [3.63, 3.8) is 0 Å². The molecule has 158 valence electrons. The lowest BCUT2D eigenvalue weighted by molar-refractivity contribution is 0.216. The molecular weight excluding hydrogens is 400 g/mol. The van der Waals surface area contributed by atoms with E-state index in [1.165, 1.54) is 11.3 Å². The number of benzene rings is 2. The van der Waals surface area contributed by atoms with Crippen molar-refractivity contribution in [2.45, 2.75) is 25.6 Å². The molecule has 0 bridgehead atoms. The second kappa shape index (κ2) is 9.02. The first-order chi connectivity index (χ1) is 14.7. The Hall–Kier alpha value is -2.63. The summed E-state index contributed by atoms with van der Waals surface area (Å²) in [7, 11) is 4.95. The molecule has 1 aliphatic rings. The summed E-state index contributed by atoms with van der Waals surface area (Å²) >= 11 is 6.17. The highest BCUT2D eigenvalue weighted by Crippen LogP contribution is 2.42. The average Bonchev–Trinajstić information content (AvgIpc) is 3.15. The third kappa shape index (κ3) is 3.87. The molecule has 0 saturated heterocycles. The largest absolute Gasteiger partial charge is 0.493 e. The molecule has 0 amide bonds. The maximum Gasteiger partial charge on any atom is 0.203 e. The fourth-order valence-corrected chi connectivity index (χ4v) is 4.47. The molecule has 0 radical (unpaired) electrons. The van der Waals surface area contributed by atoms with E-state index in [-0.39, 0.29) is 6.04 Å². The minimum Gasteiger partial charge on any atom is -0.493 e. The van der Waals surface area contributed by atoms with Crippen molar-refractivity contribution in [3.05, 3.63) is 76.6 Å². The summed E-state index contributed by atoms with van der Waals surface area (Å²) in [6.07, 6.45) is 3.24. The van der Waals surface area contributed by atoms with Gasteiger partial charge in [0.25, 0.3) is 0 Å². The van der Waals surface area contributed by atoms with Crippen LogP contribution in [0.5, 0.6) is 17.2 Å². The van der Waals surface area contributed by atoms with Gasteiger partial charge < -0.3 is 18.8 Å². The SMILES string of the molecule is COc1ccc(CN2CCCn3cccc3[C@H]2c2ccc(Cl)cc2)c(OC)c1OC. The van der Waals surface area contributed by atoms with Crippen LogP contribution in [0.3, 0.4) is 0 Å². The number of hydrogen-bond donors (Lipinski definition) is 0. The normalized spacial score (nSPS) is 16.6. The summed E-state index contributed by atoms with van der Waals surface area (Å²) < 4.78 is 19.1. The summed E-state index contributed by atoms with van der Waals surface area (Å²) in [4.78, 5) is 2.49. The van der Waals surface area contributed by atoms with Crippen molar-refractivity contribution >= 4 is 11.6 Å². The van der Waals surface area contributed by atoms with Crippen molar-refractivity contribution in [1.82, 2.24) is 9.47 Å². The minimum atomic E-state index is 0.123. The van der Waals surface area contributed by atoms with Crippen molar-refractivity contribution < 1.29 is 14.2 Å². The fraction of sp³-hybridized carbons (Fsp3) is 0.333. The predicted molar refractivity (Wildman–Crippen MR) is 119 cm³/mol.